The molecule has 0 spiro atoms. The number of hydrogen-bond acceptors (Lipinski definition) is 4. The summed E-state index contributed by atoms with van der Waals surface area (Å²) in [5.74, 6) is -0.566. The van der Waals surface area contributed by atoms with E-state index >= 15 is 0 Å². The first-order chi connectivity index (χ1) is 18.6. The number of nitrogens with zero attached hydrogens (tertiary/aromatic N) is 3. The molecule has 7 heteroatoms. The lowest BCUT2D eigenvalue weighted by atomic mass is 10.0. The summed E-state index contributed by atoms with van der Waals surface area (Å²) in [5, 5.41) is 3.88. The van der Waals surface area contributed by atoms with Crippen LogP contribution in [0.3, 0.4) is 0 Å². The number of likely N-dealkylation sites (tertiary alicyclic amines) is 1. The highest BCUT2D eigenvalue weighted by Crippen LogP contribution is 2.21. The highest BCUT2D eigenvalue weighted by molar-refractivity contribution is 7.09. The van der Waals surface area contributed by atoms with E-state index in [1.54, 1.807) is 33.3 Å². The highest BCUT2D eigenvalue weighted by Gasteiger charge is 2.25. The molecule has 1 aliphatic rings. The van der Waals surface area contributed by atoms with E-state index in [0.717, 1.165) is 40.8 Å². The molecule has 0 aliphatic carbocycles. The summed E-state index contributed by atoms with van der Waals surface area (Å²) < 4.78 is 13.5. The summed E-state index contributed by atoms with van der Waals surface area (Å²) in [4.78, 5) is 34.6. The first kappa shape index (κ1) is 26.1. The van der Waals surface area contributed by atoms with Gasteiger partial charge in [-0.1, -0.05) is 54.6 Å². The van der Waals surface area contributed by atoms with Crippen molar-refractivity contribution in [2.75, 3.05) is 32.7 Å². The van der Waals surface area contributed by atoms with E-state index in [1.165, 1.54) is 25.0 Å². The second kappa shape index (κ2) is 12.3. The summed E-state index contributed by atoms with van der Waals surface area (Å²) in [7, 11) is 0. The number of hydrogen-bond donors (Lipinski definition) is 0. The van der Waals surface area contributed by atoms with Crippen LogP contribution in [0.15, 0.2) is 84.2 Å². The second-order valence-corrected chi connectivity index (χ2v) is 10.8. The molecule has 0 atom stereocenters. The smallest absolute Gasteiger partial charge is 0.254 e. The van der Waals surface area contributed by atoms with Gasteiger partial charge in [-0.25, -0.2) is 4.39 Å². The van der Waals surface area contributed by atoms with Crippen LogP contribution in [0.1, 0.15) is 33.6 Å². The van der Waals surface area contributed by atoms with Gasteiger partial charge in [0.15, 0.2) is 0 Å². The fourth-order valence-corrected chi connectivity index (χ4v) is 5.72. The van der Waals surface area contributed by atoms with E-state index < -0.39 is 0 Å². The molecule has 0 saturated carbocycles. The molecule has 1 saturated heterocycles. The van der Waals surface area contributed by atoms with Gasteiger partial charge >= 0.3 is 0 Å². The molecular formula is C31H32FN3O2S. The number of carbonyl (C=O) groups excluding carboxylic acids is 2. The van der Waals surface area contributed by atoms with Crippen LogP contribution in [0.4, 0.5) is 4.39 Å². The lowest BCUT2D eigenvalue weighted by molar-refractivity contribution is -0.133. The maximum atomic E-state index is 13.9. The van der Waals surface area contributed by atoms with Gasteiger partial charge in [0, 0.05) is 30.1 Å². The van der Waals surface area contributed by atoms with Gasteiger partial charge in [0.1, 0.15) is 12.4 Å². The average molecular weight is 530 g/mol. The maximum Gasteiger partial charge on any atom is 0.254 e. The molecule has 196 valence electrons. The molecule has 5 rings (SSSR count). The zero-order valence-corrected chi connectivity index (χ0v) is 22.2. The molecule has 1 aliphatic heterocycles. The molecule has 2 amide bonds. The lowest BCUT2D eigenvalue weighted by Gasteiger charge is -2.29. The van der Waals surface area contributed by atoms with Crippen molar-refractivity contribution in [3.8, 4) is 0 Å². The third-order valence-electron chi connectivity index (χ3n) is 7.08. The van der Waals surface area contributed by atoms with E-state index in [2.05, 4.69) is 4.90 Å². The van der Waals surface area contributed by atoms with Crippen molar-refractivity contribution < 1.29 is 14.0 Å². The van der Waals surface area contributed by atoms with Crippen LogP contribution >= 0.6 is 11.3 Å². The quantitative estimate of drug-likeness (QED) is 0.261. The van der Waals surface area contributed by atoms with Crippen LogP contribution in [-0.4, -0.2) is 59.2 Å². The minimum Gasteiger partial charge on any atom is -0.332 e. The molecule has 0 bridgehead atoms. The first-order valence-corrected chi connectivity index (χ1v) is 14.0. The number of halogens is 1. The number of amides is 2. The van der Waals surface area contributed by atoms with E-state index in [0.29, 0.717) is 25.2 Å². The van der Waals surface area contributed by atoms with Gasteiger partial charge in [-0.2, -0.15) is 0 Å². The first-order valence-electron chi connectivity index (χ1n) is 13.1. The highest BCUT2D eigenvalue weighted by atomic mass is 32.1. The maximum absolute atomic E-state index is 13.9. The van der Waals surface area contributed by atoms with Crippen LogP contribution in [0.2, 0.25) is 0 Å². The SMILES string of the molecule is O=C(CN(CCN1CCCC1)C(=O)c1cccc2ccccc12)N(Cc1ccc(F)cc1)Cc1cccs1. The van der Waals surface area contributed by atoms with Crippen LogP contribution in [0.5, 0.6) is 0 Å². The Balaban J connectivity index is 1.40. The minimum absolute atomic E-state index is 0.0114. The van der Waals surface area contributed by atoms with Crippen LogP contribution in [-0.2, 0) is 17.9 Å². The Morgan fingerprint density at radius 2 is 1.61 bits per heavy atom. The van der Waals surface area contributed by atoms with E-state index in [1.807, 2.05) is 60.0 Å². The Labute approximate surface area is 227 Å². The van der Waals surface area contributed by atoms with Crippen molar-refractivity contribution >= 4 is 33.9 Å². The third kappa shape index (κ3) is 6.47. The van der Waals surface area contributed by atoms with Gasteiger partial charge < -0.3 is 14.7 Å². The summed E-state index contributed by atoms with van der Waals surface area (Å²) in [6.07, 6.45) is 2.34. The van der Waals surface area contributed by atoms with Gasteiger partial charge in [-0.3, -0.25) is 9.59 Å². The zero-order chi connectivity index (χ0) is 26.3. The van der Waals surface area contributed by atoms with Gasteiger partial charge in [0.25, 0.3) is 5.91 Å². The monoisotopic (exact) mass is 529 g/mol. The van der Waals surface area contributed by atoms with Crippen molar-refractivity contribution in [2.24, 2.45) is 0 Å². The normalized spacial score (nSPS) is 13.6. The molecule has 4 aromatic rings. The Kier molecular flexibility index (Phi) is 8.46. The standard InChI is InChI=1S/C31H32FN3O2S/c32-26-14-12-24(13-15-26)21-35(22-27-9-6-20-38-27)30(36)23-34(19-18-33-16-3-4-17-33)31(37)29-11-5-8-25-7-1-2-10-28(25)29/h1-2,5-15,20H,3-4,16-19,21-23H2. The topological polar surface area (TPSA) is 43.9 Å². The van der Waals surface area contributed by atoms with Crippen molar-refractivity contribution in [3.05, 3.63) is 106 Å². The summed E-state index contributed by atoms with van der Waals surface area (Å²) in [6.45, 7) is 4.06. The van der Waals surface area contributed by atoms with Crippen molar-refractivity contribution in [1.82, 2.24) is 14.7 Å². The van der Waals surface area contributed by atoms with Crippen LogP contribution in [0.25, 0.3) is 10.8 Å². The molecule has 0 unspecified atom stereocenters. The molecule has 38 heavy (non-hydrogen) atoms. The van der Waals surface area contributed by atoms with Crippen molar-refractivity contribution in [2.45, 2.75) is 25.9 Å². The number of carbonyl (C=O) groups is 2. The van der Waals surface area contributed by atoms with Gasteiger partial charge in [-0.05, 0) is 71.9 Å². The Bertz CT molecular complexity index is 1360. The van der Waals surface area contributed by atoms with Gasteiger partial charge in [0.2, 0.25) is 5.91 Å². The molecule has 2 heterocycles. The second-order valence-electron chi connectivity index (χ2n) is 9.76. The third-order valence-corrected chi connectivity index (χ3v) is 7.95. The number of rotatable bonds is 10. The Morgan fingerprint density at radius 1 is 0.842 bits per heavy atom. The minimum atomic E-state index is -0.307. The average Bonchev–Trinajstić information content (AvgIpc) is 3.66. The molecule has 1 aromatic heterocycles. The number of benzene rings is 3. The van der Waals surface area contributed by atoms with Crippen LogP contribution < -0.4 is 0 Å². The predicted molar refractivity (Wildman–Crippen MR) is 150 cm³/mol. The Morgan fingerprint density at radius 3 is 2.37 bits per heavy atom. The molecule has 0 radical (unpaired) electrons. The predicted octanol–water partition coefficient (Wildman–Crippen LogP) is 5.81. The molecule has 1 fully saturated rings. The van der Waals surface area contributed by atoms with Crippen LogP contribution in [0, 0.1) is 5.82 Å². The molecular weight excluding hydrogens is 497 g/mol. The van der Waals surface area contributed by atoms with E-state index in [4.69, 9.17) is 0 Å². The summed E-state index contributed by atoms with van der Waals surface area (Å²) >= 11 is 1.59. The zero-order valence-electron chi connectivity index (χ0n) is 21.4. The van der Waals surface area contributed by atoms with Crippen molar-refractivity contribution in [1.29, 1.82) is 0 Å². The number of thiophene rings is 1. The molecule has 5 nitrogen and oxygen atoms in total. The lowest BCUT2D eigenvalue weighted by Crippen LogP contribution is -2.45. The largest absolute Gasteiger partial charge is 0.332 e. The summed E-state index contributed by atoms with van der Waals surface area (Å²) in [6, 6.07) is 23.8. The van der Waals surface area contributed by atoms with E-state index in [-0.39, 0.29) is 24.2 Å². The summed E-state index contributed by atoms with van der Waals surface area (Å²) in [5.41, 5.74) is 1.46. The van der Waals surface area contributed by atoms with Gasteiger partial charge in [0.05, 0.1) is 6.54 Å². The molecule has 3 aromatic carbocycles. The van der Waals surface area contributed by atoms with Gasteiger partial charge in [-0.15, -0.1) is 11.3 Å². The number of fused-ring (bicyclic) bond motifs is 1. The molecule has 0 N–H and O–H groups in total. The fraction of sp³-hybridized carbons (Fsp3) is 0.290. The Hall–Kier alpha value is -3.55. The van der Waals surface area contributed by atoms with E-state index in [9.17, 15) is 14.0 Å². The van der Waals surface area contributed by atoms with Crippen molar-refractivity contribution in [3.63, 3.8) is 0 Å². The fourth-order valence-electron chi connectivity index (χ4n) is 5.00.